The van der Waals surface area contributed by atoms with Gasteiger partial charge in [-0.2, -0.15) is 0 Å². The van der Waals surface area contributed by atoms with Gasteiger partial charge in [0.2, 0.25) is 0 Å². The first kappa shape index (κ1) is 25.2. The molecule has 0 spiro atoms. The van der Waals surface area contributed by atoms with Gasteiger partial charge in [-0.15, -0.1) is 0 Å². The SMILES string of the molecule is COC(=O)C1C(=O)C2=C(CC1C)NC(C)=C(C(=O)OCc1ccc(OC)cc1)C2c1ccccc1F. The molecule has 0 saturated heterocycles. The van der Waals surface area contributed by atoms with Crippen LogP contribution in [0.4, 0.5) is 4.39 Å². The number of benzene rings is 2. The summed E-state index contributed by atoms with van der Waals surface area (Å²) in [6.45, 7) is 3.47. The molecule has 3 atom stereocenters. The summed E-state index contributed by atoms with van der Waals surface area (Å²) in [5.74, 6) is -4.11. The summed E-state index contributed by atoms with van der Waals surface area (Å²) in [5.41, 5.74) is 2.26. The topological polar surface area (TPSA) is 90.9 Å². The van der Waals surface area contributed by atoms with Crippen molar-refractivity contribution < 1.29 is 33.0 Å². The number of dihydropyridines is 1. The summed E-state index contributed by atoms with van der Waals surface area (Å²) in [7, 11) is 2.79. The molecule has 2 aliphatic rings. The second-order valence-electron chi connectivity index (χ2n) is 8.98. The Bertz CT molecular complexity index is 1260. The molecule has 2 aromatic carbocycles. The van der Waals surface area contributed by atoms with E-state index in [4.69, 9.17) is 14.2 Å². The zero-order chi connectivity index (χ0) is 26.0. The van der Waals surface area contributed by atoms with Gasteiger partial charge in [0.05, 0.1) is 25.7 Å². The predicted octanol–water partition coefficient (Wildman–Crippen LogP) is 4.19. The highest BCUT2D eigenvalue weighted by Crippen LogP contribution is 2.46. The molecule has 2 aromatic rings. The number of allylic oxidation sites excluding steroid dienone is 3. The molecule has 0 fully saturated rings. The van der Waals surface area contributed by atoms with Gasteiger partial charge in [-0.3, -0.25) is 9.59 Å². The van der Waals surface area contributed by atoms with Gasteiger partial charge in [-0.25, -0.2) is 9.18 Å². The Labute approximate surface area is 208 Å². The molecular formula is C28H28FNO6. The highest BCUT2D eigenvalue weighted by Gasteiger charge is 2.47. The van der Waals surface area contributed by atoms with E-state index >= 15 is 4.39 Å². The summed E-state index contributed by atoms with van der Waals surface area (Å²) in [6.07, 6.45) is 0.372. The number of esters is 2. The lowest BCUT2D eigenvalue weighted by Crippen LogP contribution is -2.43. The number of methoxy groups -OCH3 is 2. The van der Waals surface area contributed by atoms with Crippen LogP contribution >= 0.6 is 0 Å². The first-order valence-electron chi connectivity index (χ1n) is 11.6. The summed E-state index contributed by atoms with van der Waals surface area (Å²) in [6, 6.07) is 13.1. The molecule has 1 heterocycles. The molecule has 0 radical (unpaired) electrons. The van der Waals surface area contributed by atoms with E-state index in [1.165, 1.54) is 19.2 Å². The molecule has 8 heteroatoms. The van der Waals surface area contributed by atoms with Crippen LogP contribution in [-0.2, 0) is 30.5 Å². The van der Waals surface area contributed by atoms with Gasteiger partial charge in [0.25, 0.3) is 0 Å². The summed E-state index contributed by atoms with van der Waals surface area (Å²) in [4.78, 5) is 39.6. The Balaban J connectivity index is 1.73. The van der Waals surface area contributed by atoms with Crippen LogP contribution in [0, 0.1) is 17.7 Å². The van der Waals surface area contributed by atoms with E-state index < -0.39 is 35.4 Å². The zero-order valence-electron chi connectivity index (χ0n) is 20.6. The van der Waals surface area contributed by atoms with Crippen LogP contribution in [0.3, 0.4) is 0 Å². The monoisotopic (exact) mass is 493 g/mol. The highest BCUT2D eigenvalue weighted by atomic mass is 19.1. The summed E-state index contributed by atoms with van der Waals surface area (Å²) >= 11 is 0. The van der Waals surface area contributed by atoms with E-state index in [2.05, 4.69) is 5.32 Å². The lowest BCUT2D eigenvalue weighted by Gasteiger charge is -2.38. The fourth-order valence-electron chi connectivity index (χ4n) is 4.92. The largest absolute Gasteiger partial charge is 0.497 e. The van der Waals surface area contributed by atoms with Crippen LogP contribution in [0.1, 0.15) is 37.3 Å². The molecule has 0 aromatic heterocycles. The number of hydrogen-bond donors (Lipinski definition) is 1. The van der Waals surface area contributed by atoms with Gasteiger partial charge < -0.3 is 19.5 Å². The van der Waals surface area contributed by atoms with Crippen LogP contribution < -0.4 is 10.1 Å². The third-order valence-electron chi connectivity index (χ3n) is 6.71. The molecule has 36 heavy (non-hydrogen) atoms. The normalized spacial score (nSPS) is 21.5. The van der Waals surface area contributed by atoms with Crippen LogP contribution in [0.15, 0.2) is 71.1 Å². The summed E-state index contributed by atoms with van der Waals surface area (Å²) < 4.78 is 30.8. The maximum atomic E-state index is 15.1. The zero-order valence-corrected chi connectivity index (χ0v) is 20.6. The van der Waals surface area contributed by atoms with Gasteiger partial charge >= 0.3 is 11.9 Å². The average Bonchev–Trinajstić information content (AvgIpc) is 2.87. The van der Waals surface area contributed by atoms with E-state index in [0.717, 1.165) is 5.56 Å². The van der Waals surface area contributed by atoms with Crippen molar-refractivity contribution in [2.45, 2.75) is 32.8 Å². The van der Waals surface area contributed by atoms with E-state index in [9.17, 15) is 14.4 Å². The number of rotatable bonds is 6. The minimum Gasteiger partial charge on any atom is -0.497 e. The maximum absolute atomic E-state index is 15.1. The van der Waals surface area contributed by atoms with Crippen molar-refractivity contribution in [1.29, 1.82) is 0 Å². The van der Waals surface area contributed by atoms with Crippen molar-refractivity contribution >= 4 is 17.7 Å². The summed E-state index contributed by atoms with van der Waals surface area (Å²) in [5, 5.41) is 3.17. The predicted molar refractivity (Wildman–Crippen MR) is 129 cm³/mol. The lowest BCUT2D eigenvalue weighted by atomic mass is 9.69. The van der Waals surface area contributed by atoms with Gasteiger partial charge in [0, 0.05) is 22.5 Å². The maximum Gasteiger partial charge on any atom is 0.337 e. The molecule has 4 rings (SSSR count). The number of ether oxygens (including phenoxy) is 3. The van der Waals surface area contributed by atoms with Gasteiger partial charge in [0.1, 0.15) is 24.1 Å². The molecule has 3 unspecified atom stereocenters. The molecule has 1 aliphatic heterocycles. The Hall–Kier alpha value is -3.94. The molecule has 188 valence electrons. The van der Waals surface area contributed by atoms with Crippen molar-refractivity contribution in [2.24, 2.45) is 11.8 Å². The van der Waals surface area contributed by atoms with Gasteiger partial charge in [-0.1, -0.05) is 37.3 Å². The fraction of sp³-hybridized carbons (Fsp3) is 0.321. The standard InChI is InChI=1S/C28H28FNO6/c1-15-13-21-25(26(31)22(15)27(32)35-4)24(19-7-5-6-8-20(19)29)23(16(2)30-21)28(33)36-14-17-9-11-18(34-3)12-10-17/h5-12,15,22,24,30H,13-14H2,1-4H3. The third kappa shape index (κ3) is 4.63. The van der Waals surface area contributed by atoms with Crippen molar-refractivity contribution in [3.05, 3.63) is 88.0 Å². The number of halogens is 1. The Morgan fingerprint density at radius 1 is 1.08 bits per heavy atom. The fourth-order valence-corrected chi connectivity index (χ4v) is 4.92. The van der Waals surface area contributed by atoms with Crippen LogP contribution in [0.5, 0.6) is 5.75 Å². The van der Waals surface area contributed by atoms with Gasteiger partial charge in [0.15, 0.2) is 5.78 Å². The smallest absolute Gasteiger partial charge is 0.337 e. The number of ketones is 1. The molecule has 1 N–H and O–H groups in total. The number of nitrogens with one attached hydrogen (secondary N) is 1. The molecule has 0 amide bonds. The molecule has 1 aliphatic carbocycles. The van der Waals surface area contributed by atoms with Crippen LogP contribution in [0.2, 0.25) is 0 Å². The first-order chi connectivity index (χ1) is 17.3. The first-order valence-corrected chi connectivity index (χ1v) is 11.6. The van der Waals surface area contributed by atoms with Gasteiger partial charge in [-0.05, 0) is 43.0 Å². The second-order valence-corrected chi connectivity index (χ2v) is 8.98. The molecule has 7 nitrogen and oxygen atoms in total. The second kappa shape index (κ2) is 10.4. The van der Waals surface area contributed by atoms with Crippen LogP contribution in [-0.4, -0.2) is 31.9 Å². The van der Waals surface area contributed by atoms with E-state index in [-0.39, 0.29) is 29.2 Å². The Morgan fingerprint density at radius 3 is 2.42 bits per heavy atom. The van der Waals surface area contributed by atoms with Crippen molar-refractivity contribution in [3.63, 3.8) is 0 Å². The lowest BCUT2D eigenvalue weighted by molar-refractivity contribution is -0.151. The van der Waals surface area contributed by atoms with Crippen LogP contribution in [0.25, 0.3) is 0 Å². The minimum absolute atomic E-state index is 0.0225. The molecule has 0 saturated carbocycles. The van der Waals surface area contributed by atoms with E-state index in [1.54, 1.807) is 57.4 Å². The van der Waals surface area contributed by atoms with E-state index in [0.29, 0.717) is 23.6 Å². The Morgan fingerprint density at radius 2 is 1.78 bits per heavy atom. The van der Waals surface area contributed by atoms with Crippen molar-refractivity contribution in [1.82, 2.24) is 5.32 Å². The number of carbonyl (C=O) groups excluding carboxylic acids is 3. The number of Topliss-reactive ketones (excluding diaryl/α,β-unsaturated/α-hetero) is 1. The molecule has 0 bridgehead atoms. The number of hydrogen-bond acceptors (Lipinski definition) is 7. The van der Waals surface area contributed by atoms with Crippen molar-refractivity contribution in [2.75, 3.05) is 14.2 Å². The third-order valence-corrected chi connectivity index (χ3v) is 6.71. The Kier molecular flexibility index (Phi) is 7.24. The molecular weight excluding hydrogens is 465 g/mol. The quantitative estimate of drug-likeness (QED) is 0.477. The minimum atomic E-state index is -1.04. The van der Waals surface area contributed by atoms with E-state index in [1.807, 2.05) is 0 Å². The van der Waals surface area contributed by atoms with Crippen molar-refractivity contribution in [3.8, 4) is 5.75 Å². The highest BCUT2D eigenvalue weighted by molar-refractivity contribution is 6.12. The number of carbonyl (C=O) groups is 3. The average molecular weight is 494 g/mol.